The van der Waals surface area contributed by atoms with Crippen molar-refractivity contribution in [1.82, 2.24) is 0 Å². The number of non-ortho nitro benzene ring substituents is 1. The third-order valence-corrected chi connectivity index (χ3v) is 15.5. The number of ether oxygens (including phenoxy) is 4. The van der Waals surface area contributed by atoms with Crippen molar-refractivity contribution < 1.29 is 38.9 Å². The first kappa shape index (κ1) is 52.0. The van der Waals surface area contributed by atoms with E-state index in [1.807, 2.05) is 30.0 Å². The van der Waals surface area contributed by atoms with Gasteiger partial charge < -0.3 is 34.0 Å². The summed E-state index contributed by atoms with van der Waals surface area (Å²) in [7, 11) is 0. The third-order valence-electron chi connectivity index (χ3n) is 14.1. The zero-order valence-electron chi connectivity index (χ0n) is 39.9. The van der Waals surface area contributed by atoms with Gasteiger partial charge in [-0.3, -0.25) is 10.1 Å². The first-order valence-corrected chi connectivity index (χ1v) is 26.9. The van der Waals surface area contributed by atoms with Crippen LogP contribution in [0.3, 0.4) is 0 Å². The normalized spacial score (nSPS) is 25.1. The van der Waals surface area contributed by atoms with Crippen LogP contribution in [0.2, 0.25) is 0 Å². The molecule has 1 saturated carbocycles. The number of hydrogen-bond acceptors (Lipinski definition) is 11. The van der Waals surface area contributed by atoms with Crippen LogP contribution in [-0.2, 0) is 14.3 Å². The second-order valence-electron chi connectivity index (χ2n) is 19.0. The minimum absolute atomic E-state index is 0.0397. The van der Waals surface area contributed by atoms with Gasteiger partial charge in [-0.15, -0.1) is 6.58 Å². The zero-order valence-corrected chi connectivity index (χ0v) is 40.7. The van der Waals surface area contributed by atoms with Crippen molar-refractivity contribution >= 4 is 23.2 Å². The number of nitro groups is 1. The highest BCUT2D eigenvalue weighted by molar-refractivity contribution is 8.00. The van der Waals surface area contributed by atoms with Gasteiger partial charge in [-0.1, -0.05) is 127 Å². The van der Waals surface area contributed by atoms with E-state index in [0.29, 0.717) is 44.0 Å². The molecule has 66 heavy (non-hydrogen) atoms. The van der Waals surface area contributed by atoms with E-state index in [2.05, 4.69) is 25.6 Å². The molecule has 7 atom stereocenters. The second kappa shape index (κ2) is 28.2. The maximum atomic E-state index is 11.7. The minimum Gasteiger partial charge on any atom is -0.460 e. The van der Waals surface area contributed by atoms with Crippen LogP contribution in [0.1, 0.15) is 173 Å². The summed E-state index contributed by atoms with van der Waals surface area (Å²) in [4.78, 5) is 17.5. The van der Waals surface area contributed by atoms with E-state index in [1.165, 1.54) is 95.6 Å². The van der Waals surface area contributed by atoms with Gasteiger partial charge >= 0.3 is 0 Å². The van der Waals surface area contributed by atoms with Crippen LogP contribution in [-0.4, -0.2) is 70.4 Å². The molecule has 6 rings (SSSR count). The minimum atomic E-state index is -1.05. The monoisotopic (exact) mass is 933 g/mol. The molecule has 0 bridgehead atoms. The molecule has 2 fully saturated rings. The highest BCUT2D eigenvalue weighted by Gasteiger charge is 2.64. The fourth-order valence-electron chi connectivity index (χ4n) is 10.8. The predicted octanol–water partition coefficient (Wildman–Crippen LogP) is 13.8. The first-order valence-electron chi connectivity index (χ1n) is 25.8. The molecule has 0 radical (unpaired) electrons. The largest absolute Gasteiger partial charge is 0.460 e. The van der Waals surface area contributed by atoms with Crippen molar-refractivity contribution in [1.29, 1.82) is 0 Å². The molecule has 0 spiro atoms. The Hall–Kier alpha value is -3.42. The number of unbranched alkanes of at least 4 members (excludes halogenated alkanes) is 15. The summed E-state index contributed by atoms with van der Waals surface area (Å²) in [5.41, 5.74) is 2.95. The van der Waals surface area contributed by atoms with E-state index in [-0.39, 0.29) is 54.1 Å². The maximum Gasteiger partial charge on any atom is 0.273 e. The number of allylic oxidation sites excluding steroid dienone is 1. The van der Waals surface area contributed by atoms with E-state index in [0.717, 1.165) is 79.7 Å². The smallest absolute Gasteiger partial charge is 0.273 e. The fourth-order valence-corrected chi connectivity index (χ4v) is 12.2. The molecule has 366 valence electrons. The highest BCUT2D eigenvalue weighted by atomic mass is 32.2. The molecule has 2 aromatic carbocycles. The Bertz CT molecular complexity index is 1830. The molecule has 2 N–H and O–H groups in total. The average molecular weight is 933 g/mol. The number of aliphatic hydroxyl groups is 2. The molecule has 12 heteroatoms. The molecule has 1 unspecified atom stereocenters. The Kier molecular flexibility index (Phi) is 22.2. The summed E-state index contributed by atoms with van der Waals surface area (Å²) in [5, 5.41) is 36.5. The molecule has 2 aliphatic carbocycles. The second-order valence-corrected chi connectivity index (χ2v) is 20.3. The fraction of sp³-hybridized carbons (Fsp3) is 0.685. The van der Waals surface area contributed by atoms with Crippen LogP contribution in [0, 0.1) is 27.9 Å². The maximum absolute atomic E-state index is 11.7. The van der Waals surface area contributed by atoms with Gasteiger partial charge in [-0.25, -0.2) is 0 Å². The van der Waals surface area contributed by atoms with Crippen LogP contribution < -0.4 is 9.47 Å². The first-order chi connectivity index (χ1) is 32.4. The van der Waals surface area contributed by atoms with Crippen molar-refractivity contribution in [3.63, 3.8) is 0 Å². The summed E-state index contributed by atoms with van der Waals surface area (Å²) >= 11 is 1.92. The highest BCUT2D eigenvalue weighted by Crippen LogP contribution is 2.63. The number of hydrogen-bond donors (Lipinski definition) is 2. The Balaban J connectivity index is 1.30. The van der Waals surface area contributed by atoms with Crippen LogP contribution in [0.5, 0.6) is 17.2 Å². The number of rotatable bonds is 32. The lowest BCUT2D eigenvalue weighted by atomic mass is 9.56. The standard InChI is InChI=1S/C54H80N2O9S/c1-3-5-6-7-8-9-10-11-12-13-14-15-16-23-36-66-50-40-48(55-65-51-29-19-22-35-61-51)46-37-41(25-17-20-32-57)45(28-18-21-33-58)52-47-39-44(63-43-27-24-26-42(38-43)56(59)60)30-31-49(47)64-54(50,53(46)52)62-34-4-2/h4,24,26-27,30-31,37-39,41,45,50-53,57-58H,2-3,5-23,25,28-29,32-36,40H2,1H3/t41-,45+,50-,51?,52+,53+,54+/m0/s1. The van der Waals surface area contributed by atoms with Gasteiger partial charge in [0.15, 0.2) is 0 Å². The Labute approximate surface area is 399 Å². The van der Waals surface area contributed by atoms with Crippen molar-refractivity contribution in [3.05, 3.63) is 82.4 Å². The van der Waals surface area contributed by atoms with Crippen molar-refractivity contribution in [2.45, 2.75) is 184 Å². The SMILES string of the molecule is C=CCO[C@@]12Oc3ccc(Oc4cccc([N+](=O)[O-])c4)cc3[C@H]3[C@H](CCCCO)[C@@H](CCCCO)C=C(C(=NOC4CCCCO4)C[C@@H]1SCCCCCCCCCCCCCCCC)[C@H]32. The van der Waals surface area contributed by atoms with Crippen molar-refractivity contribution in [2.75, 3.05) is 32.2 Å². The van der Waals surface area contributed by atoms with E-state index in [1.54, 1.807) is 12.1 Å². The lowest BCUT2D eigenvalue weighted by Crippen LogP contribution is -2.64. The van der Waals surface area contributed by atoms with Gasteiger partial charge in [0.25, 0.3) is 5.69 Å². The molecule has 4 aliphatic rings. The van der Waals surface area contributed by atoms with E-state index < -0.39 is 10.7 Å². The van der Waals surface area contributed by atoms with Gasteiger partial charge in [0.05, 0.1) is 41.1 Å². The third kappa shape index (κ3) is 14.5. The van der Waals surface area contributed by atoms with Crippen molar-refractivity contribution in [3.8, 4) is 17.2 Å². The predicted molar refractivity (Wildman–Crippen MR) is 266 cm³/mol. The number of aliphatic hydroxyl groups excluding tert-OH is 2. The molecule has 2 heterocycles. The molecule has 11 nitrogen and oxygen atoms in total. The number of nitrogens with zero attached hydrogens (tertiary/aromatic N) is 2. The summed E-state index contributed by atoms with van der Waals surface area (Å²) in [6, 6.07) is 12.2. The quantitative estimate of drug-likeness (QED) is 0.0315. The summed E-state index contributed by atoms with van der Waals surface area (Å²) < 4.78 is 26.9. The molecule has 0 aromatic heterocycles. The number of oxime groups is 1. The Morgan fingerprint density at radius 2 is 1.58 bits per heavy atom. The number of benzene rings is 2. The molecule has 2 aromatic rings. The van der Waals surface area contributed by atoms with Gasteiger partial charge in [-0.05, 0) is 92.4 Å². The molecule has 2 aliphatic heterocycles. The zero-order chi connectivity index (χ0) is 46.4. The Morgan fingerprint density at radius 1 is 0.879 bits per heavy atom. The number of nitro benzene ring substituents is 1. The molecular weight excluding hydrogens is 853 g/mol. The lowest BCUT2D eigenvalue weighted by Gasteiger charge is -2.58. The Morgan fingerprint density at radius 3 is 2.24 bits per heavy atom. The van der Waals surface area contributed by atoms with Crippen LogP contribution in [0.4, 0.5) is 5.69 Å². The summed E-state index contributed by atoms with van der Waals surface area (Å²) in [6.45, 7) is 7.60. The molecular formula is C54H80N2O9S. The van der Waals surface area contributed by atoms with Crippen molar-refractivity contribution in [2.24, 2.45) is 22.9 Å². The van der Waals surface area contributed by atoms with Crippen LogP contribution >= 0.6 is 11.8 Å². The summed E-state index contributed by atoms with van der Waals surface area (Å²) in [5.74, 6) is 1.53. The van der Waals surface area contributed by atoms with Gasteiger partial charge in [0.2, 0.25) is 12.1 Å². The lowest BCUT2D eigenvalue weighted by molar-refractivity contribution is -0.384. The number of fused-ring (bicyclic) bond motifs is 2. The van der Waals surface area contributed by atoms with Crippen LogP contribution in [0.15, 0.2) is 71.9 Å². The van der Waals surface area contributed by atoms with Gasteiger partial charge in [0.1, 0.15) is 17.2 Å². The topological polar surface area (TPSA) is 142 Å². The van der Waals surface area contributed by atoms with Gasteiger partial charge in [0, 0.05) is 43.6 Å². The van der Waals surface area contributed by atoms with Gasteiger partial charge in [-0.2, -0.15) is 11.8 Å². The van der Waals surface area contributed by atoms with E-state index in [9.17, 15) is 20.3 Å². The molecule has 0 amide bonds. The van der Waals surface area contributed by atoms with E-state index >= 15 is 0 Å². The molecule has 1 saturated heterocycles. The van der Waals surface area contributed by atoms with E-state index in [4.69, 9.17) is 28.9 Å². The average Bonchev–Trinajstić information content (AvgIpc) is 3.33. The number of thioether (sulfide) groups is 1. The van der Waals surface area contributed by atoms with Crippen LogP contribution in [0.25, 0.3) is 0 Å². The summed E-state index contributed by atoms with van der Waals surface area (Å²) in [6.07, 6.45) is 30.7.